The van der Waals surface area contributed by atoms with E-state index in [0.717, 1.165) is 20.0 Å². The predicted octanol–water partition coefficient (Wildman–Crippen LogP) is 0.396. The molecular formula is C15H26N2O5S. The minimum atomic E-state index is -1.92. The third-order valence-corrected chi connectivity index (χ3v) is 6.36. The molecule has 8 heteroatoms. The van der Waals surface area contributed by atoms with Gasteiger partial charge in [-0.15, -0.1) is 0 Å². The number of ether oxygens (including phenoxy) is 1. The van der Waals surface area contributed by atoms with Gasteiger partial charge in [-0.25, -0.2) is 4.79 Å². The minimum absolute atomic E-state index is 0.0329. The molecule has 0 bridgehead atoms. The maximum atomic E-state index is 12.4. The van der Waals surface area contributed by atoms with Gasteiger partial charge < -0.3 is 21.3 Å². The molecule has 0 heterocycles. The Balaban J connectivity index is 2.87. The summed E-state index contributed by atoms with van der Waals surface area (Å²) < 4.78 is 4.66. The van der Waals surface area contributed by atoms with Crippen LogP contribution in [0.5, 0.6) is 0 Å². The van der Waals surface area contributed by atoms with Crippen LogP contribution in [0, 0.1) is 11.8 Å². The number of methoxy groups -OCH3 is 1. The van der Waals surface area contributed by atoms with Crippen molar-refractivity contribution in [2.75, 3.05) is 12.9 Å². The molecule has 4 atom stereocenters. The fourth-order valence-corrected chi connectivity index (χ4v) is 4.64. The smallest absolute Gasteiger partial charge is 0.334 e. The van der Waals surface area contributed by atoms with E-state index in [2.05, 4.69) is 18.6 Å². The number of carbonyl (C=O) groups is 3. The van der Waals surface area contributed by atoms with Gasteiger partial charge in [0, 0.05) is 11.0 Å². The van der Waals surface area contributed by atoms with Crippen LogP contribution in [0.3, 0.4) is 0 Å². The van der Waals surface area contributed by atoms with E-state index in [1.54, 1.807) is 0 Å². The molecule has 1 aliphatic rings. The van der Waals surface area contributed by atoms with Crippen molar-refractivity contribution in [2.45, 2.75) is 49.9 Å². The number of carboxylic acids is 1. The first kappa shape index (κ1) is 19.9. The molecule has 0 aromatic heterocycles. The SMILES string of the molecule is COC(=O)[C@@](N)(CSC1C(C)CCC1C)C(=O)[C@@H](N)CC(=O)O. The summed E-state index contributed by atoms with van der Waals surface area (Å²) in [4.78, 5) is 35.2. The molecule has 0 spiro atoms. The van der Waals surface area contributed by atoms with Crippen LogP contribution < -0.4 is 11.5 Å². The van der Waals surface area contributed by atoms with Crippen molar-refractivity contribution >= 4 is 29.5 Å². The maximum absolute atomic E-state index is 12.4. The Morgan fingerprint density at radius 3 is 2.26 bits per heavy atom. The molecule has 0 aromatic carbocycles. The number of nitrogens with two attached hydrogens (primary N) is 2. The molecular weight excluding hydrogens is 320 g/mol. The average Bonchev–Trinajstić information content (AvgIpc) is 2.81. The van der Waals surface area contributed by atoms with Gasteiger partial charge >= 0.3 is 11.9 Å². The highest BCUT2D eigenvalue weighted by Crippen LogP contribution is 2.40. The summed E-state index contributed by atoms with van der Waals surface area (Å²) in [5.41, 5.74) is 9.71. The Hall–Kier alpha value is -1.12. The Morgan fingerprint density at radius 2 is 1.83 bits per heavy atom. The molecule has 23 heavy (non-hydrogen) atoms. The molecule has 1 aliphatic carbocycles. The van der Waals surface area contributed by atoms with Crippen LogP contribution >= 0.6 is 11.8 Å². The summed E-state index contributed by atoms with van der Waals surface area (Å²) in [5, 5.41) is 9.07. The normalized spacial score (nSPS) is 28.0. The summed E-state index contributed by atoms with van der Waals surface area (Å²) in [5.74, 6) is -1.92. The highest BCUT2D eigenvalue weighted by molar-refractivity contribution is 8.00. The van der Waals surface area contributed by atoms with Gasteiger partial charge in [-0.1, -0.05) is 13.8 Å². The van der Waals surface area contributed by atoms with Crippen LogP contribution in [0.2, 0.25) is 0 Å². The van der Waals surface area contributed by atoms with Crippen molar-refractivity contribution in [2.24, 2.45) is 23.3 Å². The number of Topliss-reactive ketones (excluding diaryl/α,β-unsaturated/α-hetero) is 1. The number of ketones is 1. The molecule has 0 saturated heterocycles. The van der Waals surface area contributed by atoms with E-state index in [4.69, 9.17) is 16.6 Å². The molecule has 0 aromatic rings. The number of rotatable bonds is 8. The lowest BCUT2D eigenvalue weighted by Crippen LogP contribution is -2.63. The molecule has 132 valence electrons. The zero-order chi connectivity index (χ0) is 17.8. The average molecular weight is 346 g/mol. The van der Waals surface area contributed by atoms with E-state index >= 15 is 0 Å². The van der Waals surface area contributed by atoms with E-state index in [9.17, 15) is 14.4 Å². The molecule has 1 saturated carbocycles. The fraction of sp³-hybridized carbons (Fsp3) is 0.800. The molecule has 7 nitrogen and oxygen atoms in total. The highest BCUT2D eigenvalue weighted by Gasteiger charge is 2.47. The van der Waals surface area contributed by atoms with Gasteiger partial charge in [0.05, 0.1) is 19.6 Å². The quantitative estimate of drug-likeness (QED) is 0.425. The lowest BCUT2D eigenvalue weighted by Gasteiger charge is -2.29. The van der Waals surface area contributed by atoms with Crippen LogP contribution in [0.15, 0.2) is 0 Å². The van der Waals surface area contributed by atoms with E-state index < -0.39 is 35.7 Å². The predicted molar refractivity (Wildman–Crippen MR) is 88.0 cm³/mol. The van der Waals surface area contributed by atoms with E-state index in [0.29, 0.717) is 17.1 Å². The number of hydrogen-bond acceptors (Lipinski definition) is 7. The lowest BCUT2D eigenvalue weighted by molar-refractivity contribution is -0.151. The van der Waals surface area contributed by atoms with Crippen LogP contribution in [0.4, 0.5) is 0 Å². The van der Waals surface area contributed by atoms with Crippen LogP contribution in [-0.2, 0) is 19.1 Å². The number of carbonyl (C=O) groups excluding carboxylic acids is 2. The van der Waals surface area contributed by atoms with Crippen molar-refractivity contribution in [3.63, 3.8) is 0 Å². The number of aliphatic carboxylic acids is 1. The summed E-state index contributed by atoms with van der Waals surface area (Å²) in [6.07, 6.45) is 1.62. The zero-order valence-corrected chi connectivity index (χ0v) is 14.6. The van der Waals surface area contributed by atoms with Gasteiger partial charge in [-0.2, -0.15) is 11.8 Å². The Bertz CT molecular complexity index is 463. The fourth-order valence-electron chi connectivity index (χ4n) is 3.00. The largest absolute Gasteiger partial charge is 0.481 e. The van der Waals surface area contributed by atoms with Gasteiger partial charge in [0.25, 0.3) is 0 Å². The van der Waals surface area contributed by atoms with E-state index in [1.165, 1.54) is 11.8 Å². The van der Waals surface area contributed by atoms with Crippen LogP contribution in [0.25, 0.3) is 0 Å². The molecule has 2 unspecified atom stereocenters. The third kappa shape index (κ3) is 4.68. The van der Waals surface area contributed by atoms with Crippen molar-refractivity contribution in [3.8, 4) is 0 Å². The van der Waals surface area contributed by atoms with E-state index in [-0.39, 0.29) is 5.75 Å². The van der Waals surface area contributed by atoms with Crippen molar-refractivity contribution < 1.29 is 24.2 Å². The number of hydrogen-bond donors (Lipinski definition) is 3. The maximum Gasteiger partial charge on any atom is 0.334 e. The second-order valence-corrected chi connectivity index (χ2v) is 7.51. The minimum Gasteiger partial charge on any atom is -0.481 e. The molecule has 1 rings (SSSR count). The topological polar surface area (TPSA) is 133 Å². The summed E-state index contributed by atoms with van der Waals surface area (Å²) in [6.45, 7) is 4.27. The second kappa shape index (κ2) is 8.12. The summed E-state index contributed by atoms with van der Waals surface area (Å²) in [6, 6.07) is -1.34. The van der Waals surface area contributed by atoms with Gasteiger partial charge in [0.15, 0.2) is 11.3 Å². The molecule has 0 amide bonds. The van der Waals surface area contributed by atoms with Crippen molar-refractivity contribution in [1.82, 2.24) is 0 Å². The van der Waals surface area contributed by atoms with Gasteiger partial charge in [0.1, 0.15) is 0 Å². The lowest BCUT2D eigenvalue weighted by atomic mass is 9.91. The second-order valence-electron chi connectivity index (χ2n) is 6.34. The molecule has 1 fully saturated rings. The Labute approximate surface area is 140 Å². The molecule has 5 N–H and O–H groups in total. The first-order valence-electron chi connectivity index (χ1n) is 7.64. The van der Waals surface area contributed by atoms with Crippen LogP contribution in [0.1, 0.15) is 33.1 Å². The first-order chi connectivity index (χ1) is 10.6. The summed E-state index contributed by atoms with van der Waals surface area (Å²) in [7, 11) is 1.14. The van der Waals surface area contributed by atoms with Gasteiger partial charge in [-0.3, -0.25) is 9.59 Å². The monoisotopic (exact) mass is 346 g/mol. The standard InChI is InChI=1S/C15H26N2O5S/c1-8-4-5-9(2)12(8)23-7-15(17,14(21)22-3)13(20)10(16)6-11(18)19/h8-10,12H,4-7,16-17H2,1-3H3,(H,18,19)/t8?,9?,10-,12?,15+/m0/s1. The van der Waals surface area contributed by atoms with Crippen molar-refractivity contribution in [3.05, 3.63) is 0 Å². The van der Waals surface area contributed by atoms with Gasteiger partial charge in [-0.05, 0) is 24.7 Å². The zero-order valence-electron chi connectivity index (χ0n) is 13.8. The number of esters is 1. The number of thioether (sulfide) groups is 1. The third-order valence-electron chi connectivity index (χ3n) is 4.42. The molecule has 0 radical (unpaired) electrons. The highest BCUT2D eigenvalue weighted by atomic mass is 32.2. The molecule has 0 aliphatic heterocycles. The van der Waals surface area contributed by atoms with Crippen molar-refractivity contribution in [1.29, 1.82) is 0 Å². The summed E-state index contributed by atoms with van der Waals surface area (Å²) >= 11 is 1.47. The first-order valence-corrected chi connectivity index (χ1v) is 8.69. The van der Waals surface area contributed by atoms with Crippen LogP contribution in [-0.4, -0.2) is 52.5 Å². The number of carboxylic acid groups (broad SMARTS) is 1. The van der Waals surface area contributed by atoms with E-state index in [1.807, 2.05) is 0 Å². The Kier molecular flexibility index (Phi) is 7.03. The van der Waals surface area contributed by atoms with Gasteiger partial charge in [0.2, 0.25) is 0 Å². The Morgan fingerprint density at radius 1 is 1.30 bits per heavy atom.